The van der Waals surface area contributed by atoms with E-state index in [0.29, 0.717) is 29.2 Å². The highest BCUT2D eigenvalue weighted by Crippen LogP contribution is 2.32. The summed E-state index contributed by atoms with van der Waals surface area (Å²) in [4.78, 5) is 8.42. The minimum atomic E-state index is -0.0481. The van der Waals surface area contributed by atoms with Crippen molar-refractivity contribution >= 4 is 17.6 Å². The zero-order valence-electron chi connectivity index (χ0n) is 13.3. The number of methoxy groups -OCH3 is 1. The summed E-state index contributed by atoms with van der Waals surface area (Å²) in [5.41, 5.74) is 6.68. The van der Waals surface area contributed by atoms with Gasteiger partial charge in [0.2, 0.25) is 5.89 Å². The van der Waals surface area contributed by atoms with Gasteiger partial charge in [-0.3, -0.25) is 0 Å². The smallest absolute Gasteiger partial charge is 0.277 e. The molecule has 0 amide bonds. The first kappa shape index (κ1) is 16.3. The summed E-state index contributed by atoms with van der Waals surface area (Å²) in [6.45, 7) is 1.96. The molecule has 0 radical (unpaired) electrons. The van der Waals surface area contributed by atoms with Crippen LogP contribution in [0.2, 0.25) is 0 Å². The maximum absolute atomic E-state index is 5.71. The molecule has 1 atom stereocenters. The van der Waals surface area contributed by atoms with Gasteiger partial charge in [-0.05, 0) is 19.1 Å². The van der Waals surface area contributed by atoms with Gasteiger partial charge in [0, 0.05) is 11.8 Å². The van der Waals surface area contributed by atoms with Gasteiger partial charge in [0.05, 0.1) is 18.8 Å². The van der Waals surface area contributed by atoms with Gasteiger partial charge in [-0.1, -0.05) is 30.0 Å². The van der Waals surface area contributed by atoms with Crippen LogP contribution in [0.25, 0.3) is 0 Å². The van der Waals surface area contributed by atoms with E-state index in [1.54, 1.807) is 19.4 Å². The molecule has 0 bridgehead atoms. The maximum Gasteiger partial charge on any atom is 0.277 e. The number of nitrogens with two attached hydrogens (primary N) is 1. The molecule has 0 fully saturated rings. The van der Waals surface area contributed by atoms with E-state index in [4.69, 9.17) is 14.9 Å². The van der Waals surface area contributed by atoms with E-state index in [9.17, 15) is 0 Å². The van der Waals surface area contributed by atoms with E-state index in [0.717, 1.165) is 11.3 Å². The lowest BCUT2D eigenvalue weighted by molar-refractivity contribution is 0.400. The Balaban J connectivity index is 1.69. The van der Waals surface area contributed by atoms with E-state index in [2.05, 4.69) is 20.2 Å². The molecule has 3 rings (SSSR count). The topological polar surface area (TPSA) is 100.0 Å². The monoisotopic (exact) mass is 343 g/mol. The number of para-hydroxylation sites is 1. The minimum Gasteiger partial charge on any atom is -0.496 e. The highest BCUT2D eigenvalue weighted by molar-refractivity contribution is 7.99. The van der Waals surface area contributed by atoms with Crippen molar-refractivity contribution < 1.29 is 9.15 Å². The first-order valence-electron chi connectivity index (χ1n) is 7.35. The van der Waals surface area contributed by atoms with Crippen LogP contribution in [0.1, 0.15) is 29.5 Å². The van der Waals surface area contributed by atoms with Crippen LogP contribution in [-0.2, 0) is 6.42 Å². The first-order chi connectivity index (χ1) is 11.7. The van der Waals surface area contributed by atoms with Crippen LogP contribution in [0.3, 0.4) is 0 Å². The van der Waals surface area contributed by atoms with Crippen molar-refractivity contribution in [2.75, 3.05) is 12.8 Å². The highest BCUT2D eigenvalue weighted by Gasteiger charge is 2.16. The second-order valence-corrected chi connectivity index (χ2v) is 6.34. The van der Waals surface area contributed by atoms with Gasteiger partial charge in [0.15, 0.2) is 0 Å². The molecule has 7 nitrogen and oxygen atoms in total. The third kappa shape index (κ3) is 3.83. The molecule has 1 aromatic carbocycles. The average Bonchev–Trinajstić information content (AvgIpc) is 3.02. The quantitative estimate of drug-likeness (QED) is 0.682. The Hall–Kier alpha value is -2.61. The van der Waals surface area contributed by atoms with Crippen LogP contribution >= 0.6 is 11.8 Å². The molecule has 2 aromatic heterocycles. The molecular weight excluding hydrogens is 326 g/mol. The number of nitrogen functional groups attached to an aromatic ring is 1. The van der Waals surface area contributed by atoms with Gasteiger partial charge < -0.3 is 14.9 Å². The molecule has 0 aliphatic rings. The minimum absolute atomic E-state index is 0.0481. The van der Waals surface area contributed by atoms with Gasteiger partial charge >= 0.3 is 0 Å². The summed E-state index contributed by atoms with van der Waals surface area (Å²) in [5.74, 6) is 2.40. The summed E-state index contributed by atoms with van der Waals surface area (Å²) in [6.07, 6.45) is 2.15. The SMILES string of the molecule is COc1ccccc1Cc1nnc(S[C@@H](C)c2nccc(N)n2)o1. The molecule has 24 heavy (non-hydrogen) atoms. The average molecular weight is 343 g/mol. The highest BCUT2D eigenvalue weighted by atomic mass is 32.2. The van der Waals surface area contributed by atoms with Gasteiger partial charge in [-0.15, -0.1) is 10.2 Å². The molecular formula is C16H17N5O2S. The van der Waals surface area contributed by atoms with Crippen LogP contribution in [0.4, 0.5) is 5.82 Å². The van der Waals surface area contributed by atoms with E-state index in [1.165, 1.54) is 11.8 Å². The number of ether oxygens (including phenoxy) is 1. The fraction of sp³-hybridized carbons (Fsp3) is 0.250. The number of aromatic nitrogens is 4. The predicted molar refractivity (Wildman–Crippen MR) is 90.8 cm³/mol. The Morgan fingerprint density at radius 3 is 2.88 bits per heavy atom. The number of nitrogens with zero attached hydrogens (tertiary/aromatic N) is 4. The summed E-state index contributed by atoms with van der Waals surface area (Å²) in [6, 6.07) is 9.40. The molecule has 0 aliphatic carbocycles. The number of hydrogen-bond donors (Lipinski definition) is 1. The number of benzene rings is 1. The van der Waals surface area contributed by atoms with Crippen molar-refractivity contribution in [3.63, 3.8) is 0 Å². The molecule has 0 saturated heterocycles. The van der Waals surface area contributed by atoms with Crippen molar-refractivity contribution in [3.05, 3.63) is 53.8 Å². The Bertz CT molecular complexity index is 823. The largest absolute Gasteiger partial charge is 0.496 e. The normalized spacial score (nSPS) is 12.1. The Kier molecular flexibility index (Phi) is 4.95. The van der Waals surface area contributed by atoms with Crippen molar-refractivity contribution in [1.29, 1.82) is 0 Å². The molecule has 2 heterocycles. The second kappa shape index (κ2) is 7.31. The fourth-order valence-electron chi connectivity index (χ4n) is 2.16. The van der Waals surface area contributed by atoms with Crippen molar-refractivity contribution in [2.45, 2.75) is 23.8 Å². The van der Waals surface area contributed by atoms with Gasteiger partial charge in [-0.2, -0.15) is 0 Å². The van der Waals surface area contributed by atoms with Crippen molar-refractivity contribution in [3.8, 4) is 5.75 Å². The Morgan fingerprint density at radius 2 is 2.08 bits per heavy atom. The summed E-state index contributed by atoms with van der Waals surface area (Å²) in [7, 11) is 1.64. The van der Waals surface area contributed by atoms with Crippen LogP contribution < -0.4 is 10.5 Å². The van der Waals surface area contributed by atoms with E-state index in [-0.39, 0.29) is 5.25 Å². The number of hydrogen-bond acceptors (Lipinski definition) is 8. The molecule has 2 N–H and O–H groups in total. The fourth-order valence-corrected chi connectivity index (χ4v) is 2.91. The zero-order chi connectivity index (χ0) is 16.9. The molecule has 0 unspecified atom stereocenters. The summed E-state index contributed by atoms with van der Waals surface area (Å²) < 4.78 is 11.0. The van der Waals surface area contributed by atoms with E-state index in [1.807, 2.05) is 31.2 Å². The lowest BCUT2D eigenvalue weighted by atomic mass is 10.1. The third-order valence-electron chi connectivity index (χ3n) is 3.32. The predicted octanol–water partition coefficient (Wildman–Crippen LogP) is 2.89. The van der Waals surface area contributed by atoms with Gasteiger partial charge in [0.1, 0.15) is 17.4 Å². The lowest BCUT2D eigenvalue weighted by Gasteiger charge is -2.07. The number of rotatable bonds is 6. The number of anilines is 1. The third-order valence-corrected chi connectivity index (χ3v) is 4.25. The van der Waals surface area contributed by atoms with Crippen LogP contribution in [-0.4, -0.2) is 27.3 Å². The summed E-state index contributed by atoms with van der Waals surface area (Å²) in [5, 5.41) is 8.59. The zero-order valence-corrected chi connectivity index (χ0v) is 14.2. The van der Waals surface area contributed by atoms with Crippen LogP contribution in [0, 0.1) is 0 Å². The molecule has 8 heteroatoms. The van der Waals surface area contributed by atoms with E-state index >= 15 is 0 Å². The Labute approximate surface area is 143 Å². The van der Waals surface area contributed by atoms with Gasteiger partial charge in [-0.25, -0.2) is 9.97 Å². The Morgan fingerprint density at radius 1 is 1.25 bits per heavy atom. The standard InChI is InChI=1S/C16H17N5O2S/c1-10(15-18-8-7-13(17)19-15)24-16-21-20-14(23-16)9-11-5-3-4-6-12(11)22-2/h3-8,10H,9H2,1-2H3,(H2,17,18,19)/t10-/m0/s1. The molecule has 124 valence electrons. The first-order valence-corrected chi connectivity index (χ1v) is 8.23. The lowest BCUT2D eigenvalue weighted by Crippen LogP contribution is -2.00. The van der Waals surface area contributed by atoms with Crippen LogP contribution in [0.5, 0.6) is 5.75 Å². The van der Waals surface area contributed by atoms with Gasteiger partial charge in [0.25, 0.3) is 5.22 Å². The van der Waals surface area contributed by atoms with Crippen LogP contribution in [0.15, 0.2) is 46.2 Å². The molecule has 0 spiro atoms. The maximum atomic E-state index is 5.71. The molecule has 0 saturated carbocycles. The molecule has 3 aromatic rings. The van der Waals surface area contributed by atoms with Crippen molar-refractivity contribution in [1.82, 2.24) is 20.2 Å². The molecule has 0 aliphatic heterocycles. The van der Waals surface area contributed by atoms with E-state index < -0.39 is 0 Å². The van der Waals surface area contributed by atoms with Crippen molar-refractivity contribution in [2.24, 2.45) is 0 Å². The second-order valence-electron chi connectivity index (χ2n) is 5.05. The summed E-state index contributed by atoms with van der Waals surface area (Å²) >= 11 is 1.39. The number of thioether (sulfide) groups is 1.